The fourth-order valence-corrected chi connectivity index (χ4v) is 6.30. The van der Waals surface area contributed by atoms with Crippen LogP contribution in [0.1, 0.15) is 11.1 Å². The Labute approximate surface area is 183 Å². The van der Waals surface area contributed by atoms with E-state index in [1.54, 1.807) is 19.9 Å². The molecule has 0 spiro atoms. The van der Waals surface area contributed by atoms with Gasteiger partial charge in [0.15, 0.2) is 0 Å². The van der Waals surface area contributed by atoms with Crippen molar-refractivity contribution in [3.8, 4) is 11.5 Å². The van der Waals surface area contributed by atoms with Gasteiger partial charge in [0.1, 0.15) is 16.4 Å². The number of anilines is 1. The lowest BCUT2D eigenvalue weighted by Gasteiger charge is -2.27. The van der Waals surface area contributed by atoms with Crippen molar-refractivity contribution in [3.63, 3.8) is 0 Å². The Morgan fingerprint density at radius 1 is 0.871 bits per heavy atom. The van der Waals surface area contributed by atoms with Gasteiger partial charge in [-0.2, -0.15) is 4.31 Å². The van der Waals surface area contributed by atoms with Crippen molar-refractivity contribution in [2.24, 2.45) is 0 Å². The first-order valence-electron chi connectivity index (χ1n) is 9.54. The van der Waals surface area contributed by atoms with Gasteiger partial charge in [-0.25, -0.2) is 16.8 Å². The molecule has 2 aromatic carbocycles. The zero-order valence-electron chi connectivity index (χ0n) is 17.8. The highest BCUT2D eigenvalue weighted by Crippen LogP contribution is 2.32. The molecule has 1 aliphatic heterocycles. The number of morpholine rings is 1. The molecule has 170 valence electrons. The molecule has 0 aromatic heterocycles. The van der Waals surface area contributed by atoms with Crippen LogP contribution in [0.2, 0.25) is 0 Å². The van der Waals surface area contributed by atoms with Crippen LogP contribution in [0, 0.1) is 13.8 Å². The number of benzene rings is 2. The Morgan fingerprint density at radius 3 is 2.13 bits per heavy atom. The van der Waals surface area contributed by atoms with E-state index in [4.69, 9.17) is 14.2 Å². The molecule has 0 atom stereocenters. The van der Waals surface area contributed by atoms with Gasteiger partial charge in [0.25, 0.3) is 10.0 Å². The number of hydrogen-bond acceptors (Lipinski definition) is 7. The Hall–Kier alpha value is -2.34. The summed E-state index contributed by atoms with van der Waals surface area (Å²) in [6.45, 7) is 4.43. The van der Waals surface area contributed by atoms with Crippen LogP contribution >= 0.6 is 0 Å². The van der Waals surface area contributed by atoms with Gasteiger partial charge in [-0.1, -0.05) is 0 Å². The minimum Gasteiger partial charge on any atom is -0.496 e. The van der Waals surface area contributed by atoms with Gasteiger partial charge >= 0.3 is 0 Å². The predicted molar refractivity (Wildman–Crippen MR) is 116 cm³/mol. The number of hydrogen-bond donors (Lipinski definition) is 1. The maximum absolute atomic E-state index is 13.1. The summed E-state index contributed by atoms with van der Waals surface area (Å²) < 4.78 is 71.8. The van der Waals surface area contributed by atoms with E-state index >= 15 is 0 Å². The average Bonchev–Trinajstić information content (AvgIpc) is 2.75. The predicted octanol–water partition coefficient (Wildman–Crippen LogP) is 2.14. The van der Waals surface area contributed by atoms with Crippen LogP contribution in [0.15, 0.2) is 40.1 Å². The van der Waals surface area contributed by atoms with E-state index in [1.807, 2.05) is 0 Å². The Kier molecular flexibility index (Phi) is 6.79. The molecule has 0 bridgehead atoms. The van der Waals surface area contributed by atoms with E-state index < -0.39 is 20.0 Å². The number of sulfonamides is 2. The highest BCUT2D eigenvalue weighted by Gasteiger charge is 2.30. The van der Waals surface area contributed by atoms with E-state index in [0.717, 1.165) is 0 Å². The lowest BCUT2D eigenvalue weighted by molar-refractivity contribution is 0.0729. The first kappa shape index (κ1) is 23.3. The molecule has 0 unspecified atom stereocenters. The van der Waals surface area contributed by atoms with Crippen LogP contribution in [0.5, 0.6) is 11.5 Å². The summed E-state index contributed by atoms with van der Waals surface area (Å²) in [4.78, 5) is -0.0288. The number of nitrogens with zero attached hydrogens (tertiary/aromatic N) is 1. The van der Waals surface area contributed by atoms with Crippen LogP contribution in [-0.2, 0) is 24.8 Å². The molecule has 9 nitrogen and oxygen atoms in total. The van der Waals surface area contributed by atoms with Gasteiger partial charge < -0.3 is 14.2 Å². The lowest BCUT2D eigenvalue weighted by atomic mass is 10.1. The summed E-state index contributed by atoms with van der Waals surface area (Å²) in [6.07, 6.45) is 0. The second-order valence-electron chi connectivity index (χ2n) is 7.07. The Bertz CT molecular complexity index is 1170. The van der Waals surface area contributed by atoms with Crippen LogP contribution < -0.4 is 14.2 Å². The van der Waals surface area contributed by atoms with E-state index in [0.29, 0.717) is 30.1 Å². The third-order valence-corrected chi connectivity index (χ3v) is 8.43. The SMILES string of the molecule is COc1cc(C)c(S(=O)(=O)Nc2ccc(OC)c(S(=O)(=O)N3CCOCC3)c2)cc1C. The van der Waals surface area contributed by atoms with E-state index in [9.17, 15) is 16.8 Å². The maximum Gasteiger partial charge on any atom is 0.262 e. The molecule has 11 heteroatoms. The number of rotatable bonds is 7. The van der Waals surface area contributed by atoms with Gasteiger partial charge in [-0.05, 0) is 55.3 Å². The number of nitrogens with one attached hydrogen (secondary N) is 1. The van der Waals surface area contributed by atoms with Crippen molar-refractivity contribution in [2.75, 3.05) is 45.2 Å². The topological polar surface area (TPSA) is 111 Å². The second kappa shape index (κ2) is 9.03. The molecule has 1 fully saturated rings. The fraction of sp³-hybridized carbons (Fsp3) is 0.400. The number of aryl methyl sites for hydroxylation is 2. The molecule has 0 aliphatic carbocycles. The van der Waals surface area contributed by atoms with Crippen molar-refractivity contribution in [1.82, 2.24) is 4.31 Å². The van der Waals surface area contributed by atoms with Crippen LogP contribution in [0.3, 0.4) is 0 Å². The zero-order chi connectivity index (χ0) is 22.8. The molecule has 1 aliphatic rings. The van der Waals surface area contributed by atoms with Crippen LogP contribution in [-0.4, -0.2) is 61.7 Å². The molecule has 1 heterocycles. The van der Waals surface area contributed by atoms with Crippen molar-refractivity contribution in [1.29, 1.82) is 0 Å². The minimum atomic E-state index is -3.97. The fourth-order valence-electron chi connectivity index (χ4n) is 3.35. The molecule has 0 radical (unpaired) electrons. The molecule has 3 rings (SSSR count). The summed E-state index contributed by atoms with van der Waals surface area (Å²) in [5, 5.41) is 0. The van der Waals surface area contributed by atoms with Gasteiger partial charge in [-0.3, -0.25) is 4.72 Å². The zero-order valence-corrected chi connectivity index (χ0v) is 19.5. The van der Waals surface area contributed by atoms with Crippen LogP contribution in [0.4, 0.5) is 5.69 Å². The summed E-state index contributed by atoms with van der Waals surface area (Å²) in [7, 11) is -4.99. The van der Waals surface area contributed by atoms with E-state index in [-0.39, 0.29) is 34.3 Å². The highest BCUT2D eigenvalue weighted by atomic mass is 32.2. The molecule has 0 amide bonds. The Balaban J connectivity index is 1.99. The first-order valence-corrected chi connectivity index (χ1v) is 12.5. The molecular weight excluding hydrogens is 444 g/mol. The largest absolute Gasteiger partial charge is 0.496 e. The van der Waals surface area contributed by atoms with Gasteiger partial charge in [-0.15, -0.1) is 0 Å². The summed E-state index contributed by atoms with van der Waals surface area (Å²) in [6, 6.07) is 7.32. The minimum absolute atomic E-state index is 0.0826. The quantitative estimate of drug-likeness (QED) is 0.660. The average molecular weight is 471 g/mol. The van der Waals surface area contributed by atoms with Gasteiger partial charge in [0, 0.05) is 13.1 Å². The summed E-state index contributed by atoms with van der Waals surface area (Å²) in [5.41, 5.74) is 1.28. The molecule has 2 aromatic rings. The third kappa shape index (κ3) is 4.79. The van der Waals surface area contributed by atoms with E-state index in [1.165, 1.54) is 42.8 Å². The monoisotopic (exact) mass is 470 g/mol. The van der Waals surface area contributed by atoms with Crippen molar-refractivity contribution < 1.29 is 31.0 Å². The summed E-state index contributed by atoms with van der Waals surface area (Å²) in [5.74, 6) is 0.714. The van der Waals surface area contributed by atoms with E-state index in [2.05, 4.69) is 4.72 Å². The van der Waals surface area contributed by atoms with Crippen molar-refractivity contribution >= 4 is 25.7 Å². The highest BCUT2D eigenvalue weighted by molar-refractivity contribution is 7.92. The lowest BCUT2D eigenvalue weighted by Crippen LogP contribution is -2.40. The normalized spacial score (nSPS) is 15.5. The maximum atomic E-state index is 13.1. The molecule has 1 saturated heterocycles. The van der Waals surface area contributed by atoms with Gasteiger partial charge in [0.05, 0.1) is 38.0 Å². The van der Waals surface area contributed by atoms with Crippen molar-refractivity contribution in [3.05, 3.63) is 41.5 Å². The van der Waals surface area contributed by atoms with Crippen molar-refractivity contribution in [2.45, 2.75) is 23.6 Å². The smallest absolute Gasteiger partial charge is 0.262 e. The number of ether oxygens (including phenoxy) is 3. The van der Waals surface area contributed by atoms with Crippen LogP contribution in [0.25, 0.3) is 0 Å². The molecule has 1 N–H and O–H groups in total. The molecular formula is C20H26N2O7S2. The first-order chi connectivity index (χ1) is 14.6. The summed E-state index contributed by atoms with van der Waals surface area (Å²) >= 11 is 0. The van der Waals surface area contributed by atoms with Gasteiger partial charge in [0.2, 0.25) is 10.0 Å². The second-order valence-corrected chi connectivity index (χ2v) is 10.6. The third-order valence-electron chi connectivity index (χ3n) is 4.99. The molecule has 31 heavy (non-hydrogen) atoms. The number of methoxy groups -OCH3 is 2. The molecule has 0 saturated carbocycles. The Morgan fingerprint density at radius 2 is 1.52 bits per heavy atom. The standard InChI is InChI=1S/C20H26N2O7S2/c1-14-12-19(15(2)11-18(14)28-4)30(23,24)21-16-5-6-17(27-3)20(13-16)31(25,26)22-7-9-29-10-8-22/h5-6,11-13,21H,7-10H2,1-4H3.